The highest BCUT2D eigenvalue weighted by atomic mass is 35.5. The number of carbonyl (C=O) groups excluding carboxylic acids is 2. The number of hydrogen-bond acceptors (Lipinski definition) is 3. The summed E-state index contributed by atoms with van der Waals surface area (Å²) >= 11 is 11.9. The zero-order valence-corrected chi connectivity index (χ0v) is 18.7. The van der Waals surface area contributed by atoms with Crippen LogP contribution in [0.2, 0.25) is 10.0 Å². The molecule has 0 aliphatic heterocycles. The molecule has 0 fully saturated rings. The third kappa shape index (κ3) is 6.13. The van der Waals surface area contributed by atoms with Crippen LogP contribution < -0.4 is 15.4 Å². The molecule has 0 spiro atoms. The van der Waals surface area contributed by atoms with Crippen LogP contribution >= 0.6 is 23.2 Å². The highest BCUT2D eigenvalue weighted by Crippen LogP contribution is 2.26. The summed E-state index contributed by atoms with van der Waals surface area (Å²) in [6.45, 7) is 0. The van der Waals surface area contributed by atoms with E-state index in [0.29, 0.717) is 44.0 Å². The summed E-state index contributed by atoms with van der Waals surface area (Å²) in [5.74, 6) is 0.604. The van der Waals surface area contributed by atoms with Gasteiger partial charge in [-0.15, -0.1) is 0 Å². The first-order chi connectivity index (χ1) is 16.0. The molecule has 5 nitrogen and oxygen atoms in total. The van der Waals surface area contributed by atoms with E-state index in [-0.39, 0.29) is 11.8 Å². The second-order valence-electron chi connectivity index (χ2n) is 7.08. The summed E-state index contributed by atoms with van der Waals surface area (Å²) in [6, 6.07) is 27.5. The fourth-order valence-electron chi connectivity index (χ4n) is 3.05. The van der Waals surface area contributed by atoms with Crippen LogP contribution in [0.5, 0.6) is 11.5 Å². The molecule has 4 aromatic carbocycles. The number of hydrogen-bond donors (Lipinski definition) is 2. The molecule has 2 N–H and O–H groups in total. The molecule has 0 atom stereocenters. The molecule has 4 aromatic rings. The minimum absolute atomic E-state index is 0.255. The van der Waals surface area contributed by atoms with Crippen LogP contribution in [-0.4, -0.2) is 11.8 Å². The van der Waals surface area contributed by atoms with Crippen molar-refractivity contribution in [2.45, 2.75) is 0 Å². The predicted molar refractivity (Wildman–Crippen MR) is 132 cm³/mol. The average molecular weight is 477 g/mol. The van der Waals surface area contributed by atoms with Gasteiger partial charge in [0.2, 0.25) is 0 Å². The van der Waals surface area contributed by atoms with E-state index < -0.39 is 0 Å². The first-order valence-electron chi connectivity index (χ1n) is 9.98. The second-order valence-corrected chi connectivity index (χ2v) is 7.96. The molecule has 164 valence electrons. The Bertz CT molecular complexity index is 1310. The summed E-state index contributed by atoms with van der Waals surface area (Å²) in [6.07, 6.45) is 0. The zero-order chi connectivity index (χ0) is 23.2. The van der Waals surface area contributed by atoms with Gasteiger partial charge in [0.1, 0.15) is 11.5 Å². The summed E-state index contributed by atoms with van der Waals surface area (Å²) in [5.41, 5.74) is 2.14. The van der Waals surface area contributed by atoms with Crippen LogP contribution in [0.3, 0.4) is 0 Å². The maximum Gasteiger partial charge on any atom is 0.255 e. The van der Waals surface area contributed by atoms with Gasteiger partial charge in [-0.2, -0.15) is 0 Å². The first kappa shape index (κ1) is 22.4. The molecule has 7 heteroatoms. The van der Waals surface area contributed by atoms with Gasteiger partial charge in [-0.1, -0.05) is 41.4 Å². The Morgan fingerprint density at radius 3 is 1.70 bits per heavy atom. The predicted octanol–water partition coefficient (Wildman–Crippen LogP) is 7.29. The molecule has 0 aliphatic rings. The Labute approximate surface area is 200 Å². The monoisotopic (exact) mass is 476 g/mol. The van der Waals surface area contributed by atoms with Crippen LogP contribution in [0.25, 0.3) is 0 Å². The third-order valence-corrected chi connectivity index (χ3v) is 5.08. The van der Waals surface area contributed by atoms with Gasteiger partial charge in [0.15, 0.2) is 0 Å². The molecular weight excluding hydrogens is 459 g/mol. The van der Waals surface area contributed by atoms with E-state index >= 15 is 0 Å². The molecule has 0 aliphatic carbocycles. The Morgan fingerprint density at radius 1 is 0.576 bits per heavy atom. The number of ether oxygens (including phenoxy) is 1. The lowest BCUT2D eigenvalue weighted by atomic mass is 10.2. The Morgan fingerprint density at radius 2 is 1.12 bits per heavy atom. The van der Waals surface area contributed by atoms with E-state index in [9.17, 15) is 9.59 Å². The summed E-state index contributed by atoms with van der Waals surface area (Å²) in [7, 11) is 0. The lowest BCUT2D eigenvalue weighted by Crippen LogP contribution is -2.11. The molecular formula is C26H18Cl2N2O3. The van der Waals surface area contributed by atoms with E-state index in [0.717, 1.165) is 0 Å². The number of benzene rings is 4. The van der Waals surface area contributed by atoms with E-state index in [1.165, 1.54) is 0 Å². The minimum Gasteiger partial charge on any atom is -0.457 e. The van der Waals surface area contributed by atoms with Gasteiger partial charge in [0.25, 0.3) is 11.8 Å². The molecule has 0 saturated carbocycles. The molecule has 0 aromatic heterocycles. The van der Waals surface area contributed by atoms with Crippen LogP contribution in [0, 0.1) is 0 Å². The Balaban J connectivity index is 1.39. The van der Waals surface area contributed by atoms with Crippen molar-refractivity contribution in [2.24, 2.45) is 0 Å². The third-order valence-electron chi connectivity index (χ3n) is 4.61. The van der Waals surface area contributed by atoms with Crippen molar-refractivity contribution in [1.29, 1.82) is 0 Å². The molecule has 33 heavy (non-hydrogen) atoms. The Kier molecular flexibility index (Phi) is 6.93. The maximum absolute atomic E-state index is 12.4. The van der Waals surface area contributed by atoms with Crippen LogP contribution in [0.4, 0.5) is 11.4 Å². The molecule has 2 amide bonds. The molecule has 4 rings (SSSR count). The normalized spacial score (nSPS) is 10.4. The number of halogens is 2. The van der Waals surface area contributed by atoms with Crippen molar-refractivity contribution in [1.82, 2.24) is 0 Å². The van der Waals surface area contributed by atoms with Gasteiger partial charge in [-0.25, -0.2) is 0 Å². The van der Waals surface area contributed by atoms with Gasteiger partial charge in [0, 0.05) is 38.6 Å². The quantitative estimate of drug-likeness (QED) is 0.307. The van der Waals surface area contributed by atoms with Gasteiger partial charge in [-0.05, 0) is 72.8 Å². The number of nitrogens with one attached hydrogen (secondary N) is 2. The molecule has 0 radical (unpaired) electrons. The highest BCUT2D eigenvalue weighted by molar-refractivity contribution is 6.31. The number of amides is 2. The Hall–Kier alpha value is -3.80. The zero-order valence-electron chi connectivity index (χ0n) is 17.2. The smallest absolute Gasteiger partial charge is 0.255 e. The summed E-state index contributed by atoms with van der Waals surface area (Å²) in [4.78, 5) is 24.8. The van der Waals surface area contributed by atoms with Gasteiger partial charge in [0.05, 0.1) is 0 Å². The maximum atomic E-state index is 12.4. The SMILES string of the molecule is O=C(Nc1ccc(Oc2cccc(NC(=O)c3cccc(Cl)c3)c2)cc1)c1cccc(Cl)c1. The first-order valence-corrected chi connectivity index (χ1v) is 10.7. The average Bonchev–Trinajstić information content (AvgIpc) is 2.80. The second kappa shape index (κ2) is 10.2. The van der Waals surface area contributed by atoms with E-state index in [1.54, 1.807) is 97.1 Å². The van der Waals surface area contributed by atoms with Crippen molar-refractivity contribution in [3.8, 4) is 11.5 Å². The van der Waals surface area contributed by atoms with Crippen molar-refractivity contribution >= 4 is 46.4 Å². The number of rotatable bonds is 6. The van der Waals surface area contributed by atoms with E-state index in [1.807, 2.05) is 0 Å². The lowest BCUT2D eigenvalue weighted by molar-refractivity contribution is 0.101. The fourth-order valence-corrected chi connectivity index (χ4v) is 3.43. The topological polar surface area (TPSA) is 67.4 Å². The summed E-state index contributed by atoms with van der Waals surface area (Å²) in [5, 5.41) is 6.63. The van der Waals surface area contributed by atoms with Crippen LogP contribution in [-0.2, 0) is 0 Å². The highest BCUT2D eigenvalue weighted by Gasteiger charge is 2.09. The van der Waals surface area contributed by atoms with Crippen molar-refractivity contribution in [3.63, 3.8) is 0 Å². The minimum atomic E-state index is -0.269. The molecule has 0 saturated heterocycles. The van der Waals surface area contributed by atoms with Crippen molar-refractivity contribution in [2.75, 3.05) is 10.6 Å². The standard InChI is InChI=1S/C26H18Cl2N2O3/c27-19-6-1-4-17(14-19)25(31)29-21-10-12-23(13-11-21)33-24-9-3-8-22(16-24)30-26(32)18-5-2-7-20(28)15-18/h1-16H,(H,29,31)(H,30,32). The van der Waals surface area contributed by atoms with E-state index in [4.69, 9.17) is 27.9 Å². The van der Waals surface area contributed by atoms with Crippen LogP contribution in [0.1, 0.15) is 20.7 Å². The van der Waals surface area contributed by atoms with Gasteiger partial charge >= 0.3 is 0 Å². The van der Waals surface area contributed by atoms with Gasteiger partial charge < -0.3 is 15.4 Å². The summed E-state index contributed by atoms with van der Waals surface area (Å²) < 4.78 is 5.88. The van der Waals surface area contributed by atoms with Crippen molar-refractivity contribution in [3.05, 3.63) is 118 Å². The fraction of sp³-hybridized carbons (Fsp3) is 0. The number of carbonyl (C=O) groups is 2. The molecule has 0 unspecified atom stereocenters. The van der Waals surface area contributed by atoms with Crippen LogP contribution in [0.15, 0.2) is 97.1 Å². The number of anilines is 2. The van der Waals surface area contributed by atoms with Crippen molar-refractivity contribution < 1.29 is 14.3 Å². The largest absolute Gasteiger partial charge is 0.457 e. The molecule has 0 heterocycles. The van der Waals surface area contributed by atoms with E-state index in [2.05, 4.69) is 10.6 Å². The lowest BCUT2D eigenvalue weighted by Gasteiger charge is -2.10. The molecule has 0 bridgehead atoms. The van der Waals surface area contributed by atoms with Gasteiger partial charge in [-0.3, -0.25) is 9.59 Å².